The molecule has 2 atom stereocenters. The number of piperidine rings is 2. The average molecular weight is 236 g/mol. The first-order chi connectivity index (χ1) is 8.16. The van der Waals surface area contributed by atoms with E-state index in [-0.39, 0.29) is 11.7 Å². The molecule has 3 fully saturated rings. The first-order valence-electron chi connectivity index (χ1n) is 6.72. The number of fused-ring (bicyclic) bond motifs is 2. The van der Waals surface area contributed by atoms with E-state index in [1.807, 2.05) is 4.90 Å². The van der Waals surface area contributed by atoms with Gasteiger partial charge in [-0.25, -0.2) is 0 Å². The summed E-state index contributed by atoms with van der Waals surface area (Å²) in [4.78, 5) is 27.4. The van der Waals surface area contributed by atoms with Crippen molar-refractivity contribution < 1.29 is 9.59 Å². The third-order valence-electron chi connectivity index (χ3n) is 4.83. The molecule has 0 aromatic carbocycles. The first kappa shape index (κ1) is 11.2. The number of hydrogen-bond donors (Lipinski definition) is 0. The summed E-state index contributed by atoms with van der Waals surface area (Å²) in [6, 6.07) is 1.56. The minimum Gasteiger partial charge on any atom is -0.333 e. The van der Waals surface area contributed by atoms with Crippen molar-refractivity contribution in [1.29, 1.82) is 0 Å². The summed E-state index contributed by atoms with van der Waals surface area (Å²) in [5.41, 5.74) is 0. The van der Waals surface area contributed by atoms with Crippen LogP contribution in [0.25, 0.3) is 0 Å². The van der Waals surface area contributed by atoms with E-state index >= 15 is 0 Å². The number of nitrogens with zero attached hydrogens (tertiary/aromatic N) is 2. The van der Waals surface area contributed by atoms with Gasteiger partial charge in [0.1, 0.15) is 0 Å². The fraction of sp³-hybridized carbons (Fsp3) is 0.846. The molecule has 0 spiro atoms. The van der Waals surface area contributed by atoms with Crippen molar-refractivity contribution in [2.24, 2.45) is 0 Å². The highest BCUT2D eigenvalue weighted by molar-refractivity contribution is 6.37. The quantitative estimate of drug-likeness (QED) is 0.632. The third kappa shape index (κ3) is 1.79. The van der Waals surface area contributed by atoms with Crippen LogP contribution in [0.4, 0.5) is 0 Å². The highest BCUT2D eigenvalue weighted by Gasteiger charge is 2.42. The first-order valence-corrected chi connectivity index (χ1v) is 6.72. The minimum absolute atomic E-state index is 0.186. The van der Waals surface area contributed by atoms with Crippen LogP contribution in [-0.4, -0.2) is 53.2 Å². The number of hydrogen-bond acceptors (Lipinski definition) is 3. The Kier molecular flexibility index (Phi) is 2.69. The van der Waals surface area contributed by atoms with Crippen LogP contribution in [0.15, 0.2) is 0 Å². The molecule has 1 amide bonds. The molecule has 0 N–H and O–H groups in total. The zero-order valence-corrected chi connectivity index (χ0v) is 10.4. The zero-order chi connectivity index (χ0) is 12.0. The monoisotopic (exact) mass is 236 g/mol. The van der Waals surface area contributed by atoms with Crippen LogP contribution in [0, 0.1) is 0 Å². The molecule has 0 aliphatic carbocycles. The number of amides is 1. The standard InChI is InChI=1S/C13H20N2O2/c1-14-9-3-2-4-10(14)8-11(7-9)15-6-5-12(16)13(15)17/h9-11H,2-8H2,1H3. The van der Waals surface area contributed by atoms with E-state index in [2.05, 4.69) is 11.9 Å². The van der Waals surface area contributed by atoms with Gasteiger partial charge in [0.25, 0.3) is 5.91 Å². The van der Waals surface area contributed by atoms with Crippen LogP contribution in [0.5, 0.6) is 0 Å². The highest BCUT2D eigenvalue weighted by Crippen LogP contribution is 2.35. The van der Waals surface area contributed by atoms with E-state index in [4.69, 9.17) is 0 Å². The summed E-state index contributed by atoms with van der Waals surface area (Å²) in [6.45, 7) is 0.658. The lowest BCUT2D eigenvalue weighted by Crippen LogP contribution is -2.55. The molecular formula is C13H20N2O2. The lowest BCUT2D eigenvalue weighted by atomic mass is 9.82. The van der Waals surface area contributed by atoms with E-state index in [1.54, 1.807) is 0 Å². The Labute approximate surface area is 102 Å². The summed E-state index contributed by atoms with van der Waals surface area (Å²) >= 11 is 0. The van der Waals surface area contributed by atoms with Gasteiger partial charge in [0.2, 0.25) is 5.78 Å². The number of ketones is 1. The van der Waals surface area contributed by atoms with Crippen LogP contribution < -0.4 is 0 Å². The van der Waals surface area contributed by atoms with Gasteiger partial charge in [-0.3, -0.25) is 9.59 Å². The molecule has 2 bridgehead atoms. The third-order valence-corrected chi connectivity index (χ3v) is 4.83. The molecule has 4 nitrogen and oxygen atoms in total. The molecule has 3 aliphatic heterocycles. The number of carbonyl (C=O) groups is 2. The highest BCUT2D eigenvalue weighted by atomic mass is 16.2. The van der Waals surface area contributed by atoms with Gasteiger partial charge in [-0.05, 0) is 32.7 Å². The van der Waals surface area contributed by atoms with Crippen molar-refractivity contribution >= 4 is 11.7 Å². The lowest BCUT2D eigenvalue weighted by Gasteiger charge is -2.48. The maximum absolute atomic E-state index is 11.8. The molecule has 0 saturated carbocycles. The second kappa shape index (κ2) is 4.09. The van der Waals surface area contributed by atoms with Crippen molar-refractivity contribution in [2.75, 3.05) is 13.6 Å². The molecule has 3 saturated heterocycles. The van der Waals surface area contributed by atoms with E-state index in [0.29, 0.717) is 31.1 Å². The molecule has 3 aliphatic rings. The van der Waals surface area contributed by atoms with Gasteiger partial charge in [-0.2, -0.15) is 0 Å². The van der Waals surface area contributed by atoms with Gasteiger partial charge in [-0.1, -0.05) is 6.42 Å². The SMILES string of the molecule is CN1C2CCCC1CC(N1CCC(=O)C1=O)C2. The Balaban J connectivity index is 1.74. The van der Waals surface area contributed by atoms with Gasteiger partial charge in [0.15, 0.2) is 0 Å². The average Bonchev–Trinajstić information content (AvgIpc) is 2.60. The second-order valence-electron chi connectivity index (χ2n) is 5.70. The maximum atomic E-state index is 11.8. The predicted molar refractivity (Wildman–Crippen MR) is 63.5 cm³/mol. The molecule has 0 aromatic rings. The fourth-order valence-electron chi connectivity index (χ4n) is 3.78. The molecular weight excluding hydrogens is 216 g/mol. The maximum Gasteiger partial charge on any atom is 0.290 e. The van der Waals surface area contributed by atoms with Gasteiger partial charge >= 0.3 is 0 Å². The smallest absolute Gasteiger partial charge is 0.290 e. The minimum atomic E-state index is -0.224. The van der Waals surface area contributed by atoms with Crippen molar-refractivity contribution in [2.45, 2.75) is 56.7 Å². The van der Waals surface area contributed by atoms with Crippen LogP contribution in [0.3, 0.4) is 0 Å². The van der Waals surface area contributed by atoms with Crippen molar-refractivity contribution in [1.82, 2.24) is 9.80 Å². The summed E-state index contributed by atoms with van der Waals surface area (Å²) in [6.07, 6.45) is 6.37. The van der Waals surface area contributed by atoms with Crippen LogP contribution in [-0.2, 0) is 9.59 Å². The number of rotatable bonds is 1. The fourth-order valence-corrected chi connectivity index (χ4v) is 3.78. The van der Waals surface area contributed by atoms with Gasteiger partial charge in [0.05, 0.1) is 0 Å². The lowest BCUT2D eigenvalue weighted by molar-refractivity contribution is -0.142. The molecule has 0 radical (unpaired) electrons. The number of Topliss-reactive ketones (excluding diaryl/α,β-unsaturated/α-hetero) is 1. The normalized spacial score (nSPS) is 38.9. The van der Waals surface area contributed by atoms with Crippen LogP contribution in [0.2, 0.25) is 0 Å². The van der Waals surface area contributed by atoms with E-state index in [0.717, 1.165) is 12.8 Å². The predicted octanol–water partition coefficient (Wildman–Crippen LogP) is 0.803. The number of likely N-dealkylation sites (tertiary alicyclic amines) is 1. The zero-order valence-electron chi connectivity index (χ0n) is 10.4. The summed E-state index contributed by atoms with van der Waals surface area (Å²) in [7, 11) is 2.21. The largest absolute Gasteiger partial charge is 0.333 e. The van der Waals surface area contributed by atoms with E-state index in [9.17, 15) is 9.59 Å². The molecule has 4 heteroatoms. The van der Waals surface area contributed by atoms with Gasteiger partial charge in [0, 0.05) is 31.1 Å². The van der Waals surface area contributed by atoms with Crippen molar-refractivity contribution in [3.63, 3.8) is 0 Å². The molecule has 0 aromatic heterocycles. The van der Waals surface area contributed by atoms with E-state index < -0.39 is 0 Å². The topological polar surface area (TPSA) is 40.6 Å². The van der Waals surface area contributed by atoms with Crippen molar-refractivity contribution in [3.05, 3.63) is 0 Å². The Bertz CT molecular complexity index is 341. The van der Waals surface area contributed by atoms with Crippen molar-refractivity contribution in [3.8, 4) is 0 Å². The van der Waals surface area contributed by atoms with Crippen LogP contribution >= 0.6 is 0 Å². The second-order valence-corrected chi connectivity index (χ2v) is 5.70. The molecule has 94 valence electrons. The summed E-state index contributed by atoms with van der Waals surface area (Å²) < 4.78 is 0. The van der Waals surface area contributed by atoms with Gasteiger partial charge < -0.3 is 9.80 Å². The Hall–Kier alpha value is -0.900. The van der Waals surface area contributed by atoms with Crippen LogP contribution in [0.1, 0.15) is 38.5 Å². The molecule has 2 unspecified atom stereocenters. The number of carbonyl (C=O) groups excluding carboxylic acids is 2. The molecule has 17 heavy (non-hydrogen) atoms. The summed E-state index contributed by atoms with van der Waals surface area (Å²) in [5, 5.41) is 0. The Morgan fingerprint density at radius 3 is 2.24 bits per heavy atom. The Morgan fingerprint density at radius 2 is 1.71 bits per heavy atom. The Morgan fingerprint density at radius 1 is 1.06 bits per heavy atom. The summed E-state index contributed by atoms with van der Waals surface area (Å²) in [5.74, 6) is -0.410. The molecule has 3 heterocycles. The molecule has 3 rings (SSSR count). The van der Waals surface area contributed by atoms with E-state index in [1.165, 1.54) is 19.3 Å². The van der Waals surface area contributed by atoms with Gasteiger partial charge in [-0.15, -0.1) is 0 Å².